The minimum atomic E-state index is -1.44. The Balaban J connectivity index is 2.05. The van der Waals surface area contributed by atoms with Gasteiger partial charge in [0.2, 0.25) is 0 Å². The van der Waals surface area contributed by atoms with Crippen LogP contribution in [0.4, 0.5) is 0 Å². The maximum atomic E-state index is 9.97. The van der Waals surface area contributed by atoms with Crippen LogP contribution in [0.2, 0.25) is 0 Å². The second kappa shape index (κ2) is 7.02. The predicted molar refractivity (Wildman–Crippen MR) is 74.7 cm³/mol. The van der Waals surface area contributed by atoms with Gasteiger partial charge in [-0.05, 0) is 24.1 Å². The number of benzene rings is 1. The van der Waals surface area contributed by atoms with E-state index in [9.17, 15) is 15.3 Å². The van der Waals surface area contributed by atoms with Gasteiger partial charge >= 0.3 is 0 Å². The quantitative estimate of drug-likeness (QED) is 0.552. The van der Waals surface area contributed by atoms with E-state index in [2.05, 4.69) is 6.58 Å². The highest BCUT2D eigenvalue weighted by atomic mass is 16.7. The minimum absolute atomic E-state index is 0.434. The third-order valence-corrected chi connectivity index (χ3v) is 3.42. The number of hydrogen-bond donors (Lipinski definition) is 4. The van der Waals surface area contributed by atoms with Gasteiger partial charge in [0.1, 0.15) is 24.1 Å². The number of allylic oxidation sites excluding steroid dienone is 1. The second-order valence-electron chi connectivity index (χ2n) is 4.95. The summed E-state index contributed by atoms with van der Waals surface area (Å²) < 4.78 is 10.5. The Morgan fingerprint density at radius 1 is 1.14 bits per heavy atom. The molecule has 0 unspecified atom stereocenters. The molecule has 116 valence electrons. The van der Waals surface area contributed by atoms with Crippen LogP contribution in [0.15, 0.2) is 36.9 Å². The van der Waals surface area contributed by atoms with Gasteiger partial charge in [-0.1, -0.05) is 18.2 Å². The van der Waals surface area contributed by atoms with Gasteiger partial charge in [-0.2, -0.15) is 0 Å². The smallest absolute Gasteiger partial charge is 0.195 e. The largest absolute Gasteiger partial charge is 0.482 e. The van der Waals surface area contributed by atoms with E-state index < -0.39 is 37.3 Å². The van der Waals surface area contributed by atoms with Crippen LogP contribution < -0.4 is 4.74 Å². The summed E-state index contributed by atoms with van der Waals surface area (Å²) in [6.45, 7) is 3.15. The highest BCUT2D eigenvalue weighted by Gasteiger charge is 2.45. The number of aliphatic hydroxyl groups excluding tert-OH is 4. The summed E-state index contributed by atoms with van der Waals surface area (Å²) >= 11 is 0. The minimum Gasteiger partial charge on any atom is -0.482 e. The van der Waals surface area contributed by atoms with Gasteiger partial charge < -0.3 is 29.9 Å². The molecule has 0 saturated carbocycles. The van der Waals surface area contributed by atoms with Crippen molar-refractivity contribution in [1.29, 1.82) is 0 Å². The Bertz CT molecular complexity index is 460. The van der Waals surface area contributed by atoms with Crippen molar-refractivity contribution in [3.05, 3.63) is 42.5 Å². The molecule has 5 atom stereocenters. The zero-order chi connectivity index (χ0) is 15.4. The fraction of sp³-hybridized carbons (Fsp3) is 0.467. The van der Waals surface area contributed by atoms with Gasteiger partial charge in [0.15, 0.2) is 12.4 Å². The van der Waals surface area contributed by atoms with Crippen LogP contribution in [0.3, 0.4) is 0 Å². The number of hydrogen-bond acceptors (Lipinski definition) is 6. The lowest BCUT2D eigenvalue weighted by Gasteiger charge is -2.39. The van der Waals surface area contributed by atoms with Crippen molar-refractivity contribution in [2.24, 2.45) is 0 Å². The Morgan fingerprint density at radius 3 is 2.38 bits per heavy atom. The molecule has 0 amide bonds. The van der Waals surface area contributed by atoms with Crippen molar-refractivity contribution in [1.82, 2.24) is 0 Å². The van der Waals surface area contributed by atoms with Gasteiger partial charge in [0, 0.05) is 0 Å². The molecule has 1 aromatic rings. The monoisotopic (exact) mass is 296 g/mol. The van der Waals surface area contributed by atoms with E-state index >= 15 is 0 Å². The maximum Gasteiger partial charge on any atom is 0.195 e. The van der Waals surface area contributed by atoms with Gasteiger partial charge in [-0.15, -0.1) is 6.58 Å². The molecule has 2 rings (SSSR count). The first-order chi connectivity index (χ1) is 10.1. The van der Waals surface area contributed by atoms with Crippen molar-refractivity contribution in [3.8, 4) is 5.75 Å². The lowest BCUT2D eigenvalue weighted by atomic mass is 9.99. The zero-order valence-electron chi connectivity index (χ0n) is 11.5. The van der Waals surface area contributed by atoms with Crippen LogP contribution in [0.25, 0.3) is 0 Å². The number of ether oxygens (including phenoxy) is 2. The van der Waals surface area contributed by atoms with Crippen molar-refractivity contribution < 1.29 is 29.9 Å². The van der Waals surface area contributed by atoms with Crippen molar-refractivity contribution in [2.75, 3.05) is 6.61 Å². The highest BCUT2D eigenvalue weighted by Crippen LogP contribution is 2.24. The van der Waals surface area contributed by atoms with Gasteiger partial charge in [0.25, 0.3) is 0 Å². The third kappa shape index (κ3) is 3.61. The Kier molecular flexibility index (Phi) is 5.33. The van der Waals surface area contributed by atoms with E-state index in [4.69, 9.17) is 14.6 Å². The molecule has 21 heavy (non-hydrogen) atoms. The summed E-state index contributed by atoms with van der Waals surface area (Å²) in [5.74, 6) is 0.434. The van der Waals surface area contributed by atoms with Crippen molar-refractivity contribution >= 4 is 0 Å². The number of rotatable bonds is 5. The highest BCUT2D eigenvalue weighted by molar-refractivity contribution is 5.28. The topological polar surface area (TPSA) is 99.4 Å². The Labute approximate surface area is 122 Å². The zero-order valence-corrected chi connectivity index (χ0v) is 11.5. The van der Waals surface area contributed by atoms with Crippen LogP contribution in [0, 0.1) is 0 Å². The van der Waals surface area contributed by atoms with Gasteiger partial charge in [-0.25, -0.2) is 0 Å². The molecule has 0 bridgehead atoms. The molecule has 0 aliphatic carbocycles. The van der Waals surface area contributed by atoms with Crippen LogP contribution in [0.5, 0.6) is 5.75 Å². The van der Waals surface area contributed by atoms with E-state index in [0.717, 1.165) is 12.0 Å². The van der Waals surface area contributed by atoms with Crippen LogP contribution in [-0.4, -0.2) is 57.7 Å². The molecule has 6 heteroatoms. The predicted octanol–water partition coefficient (Wildman–Crippen LogP) is -0.406. The van der Waals surface area contributed by atoms with Crippen molar-refractivity contribution in [2.45, 2.75) is 37.1 Å². The number of aliphatic hydroxyl groups is 4. The molecule has 1 aromatic carbocycles. The van der Waals surface area contributed by atoms with Crippen LogP contribution in [0.1, 0.15) is 5.56 Å². The fourth-order valence-corrected chi connectivity index (χ4v) is 2.23. The summed E-state index contributed by atoms with van der Waals surface area (Å²) in [7, 11) is 0. The average Bonchev–Trinajstić information content (AvgIpc) is 2.49. The van der Waals surface area contributed by atoms with Crippen molar-refractivity contribution in [3.63, 3.8) is 0 Å². The fourth-order valence-electron chi connectivity index (χ4n) is 2.23. The lowest BCUT2D eigenvalue weighted by Crippen LogP contribution is -2.60. The molecule has 0 spiro atoms. The molecule has 1 aliphatic heterocycles. The van der Waals surface area contributed by atoms with E-state index in [-0.39, 0.29) is 0 Å². The molecule has 6 nitrogen and oxygen atoms in total. The molecular weight excluding hydrogens is 276 g/mol. The molecule has 1 saturated heterocycles. The Morgan fingerprint density at radius 2 is 1.81 bits per heavy atom. The first kappa shape index (κ1) is 15.9. The van der Waals surface area contributed by atoms with Crippen LogP contribution >= 0.6 is 0 Å². The molecule has 1 heterocycles. The van der Waals surface area contributed by atoms with E-state index in [1.807, 2.05) is 12.1 Å². The first-order valence-electron chi connectivity index (χ1n) is 6.74. The third-order valence-electron chi connectivity index (χ3n) is 3.42. The molecule has 4 N–H and O–H groups in total. The van der Waals surface area contributed by atoms with E-state index in [1.54, 1.807) is 18.2 Å². The normalized spacial score (nSPS) is 32.7. The molecule has 0 aromatic heterocycles. The van der Waals surface area contributed by atoms with E-state index in [0.29, 0.717) is 5.75 Å². The lowest BCUT2D eigenvalue weighted by molar-refractivity contribution is -0.280. The summed E-state index contributed by atoms with van der Waals surface area (Å²) in [5.41, 5.74) is 1.05. The summed E-state index contributed by atoms with van der Waals surface area (Å²) in [6, 6.07) is 7.07. The Hall–Kier alpha value is -1.44. The molecule has 1 fully saturated rings. The van der Waals surface area contributed by atoms with Crippen LogP contribution in [-0.2, 0) is 11.2 Å². The maximum absolute atomic E-state index is 9.97. The molecule has 0 radical (unpaired) electrons. The second-order valence-corrected chi connectivity index (χ2v) is 4.95. The summed E-state index contributed by atoms with van der Waals surface area (Å²) in [4.78, 5) is 0. The molecule has 1 aliphatic rings. The standard InChI is InChI=1S/C15H20O6/c1-2-3-9-4-6-10(7-5-9)20-14-13(18)12(17)11(8-16)21-15(14)19/h2,4-7,11-19H,1,3,8H2/t11-,12-,13+,14-,15-/m1/s1. The van der Waals surface area contributed by atoms with Gasteiger partial charge in [-0.3, -0.25) is 0 Å². The van der Waals surface area contributed by atoms with E-state index in [1.165, 1.54) is 0 Å². The summed E-state index contributed by atoms with van der Waals surface area (Å²) in [6.07, 6.45) is -3.79. The first-order valence-corrected chi connectivity index (χ1v) is 6.74. The SMILES string of the molecule is C=CCc1ccc(O[C@@H]2[C@@H](O)[C@H](O)[C@@H](CO)O[C@H]2O)cc1. The molecular formula is C15H20O6. The van der Waals surface area contributed by atoms with Gasteiger partial charge in [0.05, 0.1) is 6.61 Å². The summed E-state index contributed by atoms with van der Waals surface area (Å²) in [5, 5.41) is 38.6. The average molecular weight is 296 g/mol.